The SMILES string of the molecule is C=CC(=O)Nc1ccc2ncnc(Oc3ccc(C(=O)Nc4cc(CC)ccn4)cc3)c2c1. The van der Waals surface area contributed by atoms with Crippen LogP contribution >= 0.6 is 0 Å². The zero-order valence-electron chi connectivity index (χ0n) is 17.9. The summed E-state index contributed by atoms with van der Waals surface area (Å²) in [6, 6.07) is 15.7. The number of carbonyl (C=O) groups excluding carboxylic acids is 2. The number of carbonyl (C=O) groups is 2. The molecule has 164 valence electrons. The van der Waals surface area contributed by atoms with E-state index >= 15 is 0 Å². The smallest absolute Gasteiger partial charge is 0.256 e. The summed E-state index contributed by atoms with van der Waals surface area (Å²) in [6.07, 6.45) is 5.12. The van der Waals surface area contributed by atoms with Gasteiger partial charge >= 0.3 is 0 Å². The van der Waals surface area contributed by atoms with Crippen LogP contribution in [0.15, 0.2) is 79.8 Å². The van der Waals surface area contributed by atoms with Crippen LogP contribution in [0.2, 0.25) is 0 Å². The number of hydrogen-bond donors (Lipinski definition) is 2. The van der Waals surface area contributed by atoms with Gasteiger partial charge < -0.3 is 15.4 Å². The molecule has 2 aromatic heterocycles. The first-order valence-corrected chi connectivity index (χ1v) is 10.3. The molecule has 2 N–H and O–H groups in total. The molecule has 8 heteroatoms. The van der Waals surface area contributed by atoms with Gasteiger partial charge in [-0.15, -0.1) is 0 Å². The van der Waals surface area contributed by atoms with Crippen LogP contribution < -0.4 is 15.4 Å². The van der Waals surface area contributed by atoms with Crippen LogP contribution in [0, 0.1) is 0 Å². The lowest BCUT2D eigenvalue weighted by Gasteiger charge is -2.10. The van der Waals surface area contributed by atoms with Crippen molar-refractivity contribution in [3.8, 4) is 11.6 Å². The molecule has 8 nitrogen and oxygen atoms in total. The Balaban J connectivity index is 1.51. The Morgan fingerprint density at radius 1 is 1.00 bits per heavy atom. The summed E-state index contributed by atoms with van der Waals surface area (Å²) in [5.74, 6) is 0.744. The maximum absolute atomic E-state index is 12.6. The van der Waals surface area contributed by atoms with Crippen LogP contribution in [0.3, 0.4) is 0 Å². The van der Waals surface area contributed by atoms with Gasteiger partial charge in [0.15, 0.2) is 0 Å². The Bertz CT molecular complexity index is 1340. The molecule has 2 aromatic carbocycles. The predicted octanol–water partition coefficient (Wildman–Crippen LogP) is 4.76. The highest BCUT2D eigenvalue weighted by Crippen LogP contribution is 2.29. The summed E-state index contributed by atoms with van der Waals surface area (Å²) >= 11 is 0. The third-order valence-electron chi connectivity index (χ3n) is 4.86. The molecule has 0 atom stereocenters. The minimum atomic E-state index is -0.320. The highest BCUT2D eigenvalue weighted by Gasteiger charge is 2.11. The van der Waals surface area contributed by atoms with Gasteiger partial charge in [-0.3, -0.25) is 9.59 Å². The van der Waals surface area contributed by atoms with Crippen molar-refractivity contribution in [1.29, 1.82) is 0 Å². The Kier molecular flexibility index (Phi) is 6.36. The topological polar surface area (TPSA) is 106 Å². The maximum Gasteiger partial charge on any atom is 0.256 e. The normalized spacial score (nSPS) is 10.5. The van der Waals surface area contributed by atoms with Crippen molar-refractivity contribution in [3.63, 3.8) is 0 Å². The van der Waals surface area contributed by atoms with E-state index in [4.69, 9.17) is 4.74 Å². The molecule has 0 saturated carbocycles. The van der Waals surface area contributed by atoms with E-state index in [1.807, 2.05) is 19.1 Å². The van der Waals surface area contributed by atoms with E-state index in [1.54, 1.807) is 48.7 Å². The lowest BCUT2D eigenvalue weighted by molar-refractivity contribution is -0.111. The lowest BCUT2D eigenvalue weighted by Crippen LogP contribution is -2.13. The van der Waals surface area contributed by atoms with E-state index in [9.17, 15) is 9.59 Å². The average Bonchev–Trinajstić information content (AvgIpc) is 2.85. The first kappa shape index (κ1) is 21.6. The number of amides is 2. The van der Waals surface area contributed by atoms with Crippen LogP contribution in [-0.2, 0) is 11.2 Å². The zero-order valence-corrected chi connectivity index (χ0v) is 17.9. The second-order valence-corrected chi connectivity index (χ2v) is 7.09. The molecule has 0 radical (unpaired) electrons. The Labute approximate surface area is 190 Å². The quantitative estimate of drug-likeness (QED) is 0.402. The first-order chi connectivity index (χ1) is 16.1. The zero-order chi connectivity index (χ0) is 23.2. The number of aryl methyl sites for hydroxylation is 1. The first-order valence-electron chi connectivity index (χ1n) is 10.3. The number of nitrogens with one attached hydrogen (secondary N) is 2. The Hall–Kier alpha value is -4.59. The predicted molar refractivity (Wildman–Crippen MR) is 126 cm³/mol. The van der Waals surface area contributed by atoms with E-state index < -0.39 is 0 Å². The second kappa shape index (κ2) is 9.69. The molecule has 2 heterocycles. The summed E-state index contributed by atoms with van der Waals surface area (Å²) in [5, 5.41) is 6.13. The fourth-order valence-electron chi connectivity index (χ4n) is 3.12. The van der Waals surface area contributed by atoms with Gasteiger partial charge in [0.2, 0.25) is 11.8 Å². The van der Waals surface area contributed by atoms with Gasteiger partial charge in [-0.2, -0.15) is 0 Å². The van der Waals surface area contributed by atoms with Gasteiger partial charge in [-0.05, 0) is 72.7 Å². The summed E-state index contributed by atoms with van der Waals surface area (Å²) in [5.41, 5.74) is 2.79. The van der Waals surface area contributed by atoms with Crippen molar-refractivity contribution in [3.05, 3.63) is 90.9 Å². The van der Waals surface area contributed by atoms with Crippen LogP contribution in [0.4, 0.5) is 11.5 Å². The molecule has 0 fully saturated rings. The fourth-order valence-corrected chi connectivity index (χ4v) is 3.12. The largest absolute Gasteiger partial charge is 0.438 e. The third kappa shape index (κ3) is 5.19. The highest BCUT2D eigenvalue weighted by atomic mass is 16.5. The highest BCUT2D eigenvalue weighted by molar-refractivity contribution is 6.04. The Morgan fingerprint density at radius 2 is 1.82 bits per heavy atom. The minimum Gasteiger partial charge on any atom is -0.438 e. The van der Waals surface area contributed by atoms with Gasteiger partial charge in [-0.25, -0.2) is 15.0 Å². The van der Waals surface area contributed by atoms with Gasteiger partial charge in [0, 0.05) is 17.4 Å². The molecule has 0 spiro atoms. The average molecular weight is 439 g/mol. The number of anilines is 2. The van der Waals surface area contributed by atoms with Crippen LogP contribution in [0.5, 0.6) is 11.6 Å². The summed E-state index contributed by atoms with van der Waals surface area (Å²) in [7, 11) is 0. The minimum absolute atomic E-state index is 0.266. The third-order valence-corrected chi connectivity index (χ3v) is 4.86. The standard InChI is InChI=1S/C25H21N5O3/c1-3-16-11-12-26-22(13-16)30-24(32)17-5-8-19(9-6-17)33-25-20-14-18(29-23(31)4-2)7-10-21(20)27-15-28-25/h4-15H,2-3H2,1H3,(H,29,31)(H,26,30,32). The molecule has 0 aliphatic heterocycles. The molecule has 0 bridgehead atoms. The van der Waals surface area contributed by atoms with Crippen molar-refractivity contribution >= 4 is 34.2 Å². The van der Waals surface area contributed by atoms with Crippen molar-refractivity contribution < 1.29 is 14.3 Å². The van der Waals surface area contributed by atoms with Crippen LogP contribution in [0.1, 0.15) is 22.8 Å². The van der Waals surface area contributed by atoms with Crippen molar-refractivity contribution in [1.82, 2.24) is 15.0 Å². The van der Waals surface area contributed by atoms with Crippen LogP contribution in [0.25, 0.3) is 10.9 Å². The van der Waals surface area contributed by atoms with Crippen molar-refractivity contribution in [2.75, 3.05) is 10.6 Å². The molecule has 0 unspecified atom stereocenters. The van der Waals surface area contributed by atoms with E-state index in [1.165, 1.54) is 12.4 Å². The molecular weight excluding hydrogens is 418 g/mol. The summed E-state index contributed by atoms with van der Waals surface area (Å²) in [4.78, 5) is 36.8. The van der Waals surface area contributed by atoms with Gasteiger partial charge in [0.1, 0.15) is 17.9 Å². The number of aromatic nitrogens is 3. The molecule has 33 heavy (non-hydrogen) atoms. The molecule has 4 aromatic rings. The summed E-state index contributed by atoms with van der Waals surface area (Å²) in [6.45, 7) is 5.49. The second-order valence-electron chi connectivity index (χ2n) is 7.09. The van der Waals surface area contributed by atoms with Crippen molar-refractivity contribution in [2.45, 2.75) is 13.3 Å². The number of nitrogens with zero attached hydrogens (tertiary/aromatic N) is 3. The number of rotatable bonds is 7. The molecule has 0 saturated heterocycles. The summed E-state index contributed by atoms with van der Waals surface area (Å²) < 4.78 is 5.93. The number of benzene rings is 2. The molecule has 2 amide bonds. The Morgan fingerprint density at radius 3 is 2.58 bits per heavy atom. The van der Waals surface area contributed by atoms with E-state index in [0.717, 1.165) is 12.0 Å². The monoisotopic (exact) mass is 439 g/mol. The van der Waals surface area contributed by atoms with Crippen molar-refractivity contribution in [2.24, 2.45) is 0 Å². The fraction of sp³-hybridized carbons (Fsp3) is 0.0800. The number of pyridine rings is 1. The molecule has 4 rings (SSSR count). The molecular formula is C25H21N5O3. The van der Waals surface area contributed by atoms with Gasteiger partial charge in [0.05, 0.1) is 10.9 Å². The van der Waals surface area contributed by atoms with Gasteiger partial charge in [0.25, 0.3) is 5.91 Å². The number of hydrogen-bond acceptors (Lipinski definition) is 6. The maximum atomic E-state index is 12.6. The molecule has 0 aliphatic rings. The lowest BCUT2D eigenvalue weighted by atomic mass is 10.2. The number of fused-ring (bicyclic) bond motifs is 1. The number of ether oxygens (including phenoxy) is 1. The van der Waals surface area contributed by atoms with Gasteiger partial charge in [-0.1, -0.05) is 13.5 Å². The van der Waals surface area contributed by atoms with Crippen LogP contribution in [-0.4, -0.2) is 26.8 Å². The van der Waals surface area contributed by atoms with E-state index in [2.05, 4.69) is 32.2 Å². The van der Waals surface area contributed by atoms with E-state index in [0.29, 0.717) is 39.6 Å². The van der Waals surface area contributed by atoms with E-state index in [-0.39, 0.29) is 11.8 Å². The molecule has 0 aliphatic carbocycles.